The molecular weight excluding hydrogens is 621 g/mol. The molecule has 2 N–H and O–H groups in total. The van der Waals surface area contributed by atoms with Crippen molar-refractivity contribution in [2.45, 2.75) is 77.1 Å². The summed E-state index contributed by atoms with van der Waals surface area (Å²) in [6.07, 6.45) is 0.399. The normalized spacial score (nSPS) is 15.8. The fourth-order valence-corrected chi connectivity index (χ4v) is 5.52. The molecule has 1 atom stereocenters. The van der Waals surface area contributed by atoms with Crippen LogP contribution in [0.3, 0.4) is 0 Å². The number of alkyl halides is 3. The lowest BCUT2D eigenvalue weighted by molar-refractivity contribution is -0.933. The van der Waals surface area contributed by atoms with E-state index in [0.717, 1.165) is 69.2 Å². The first-order chi connectivity index (χ1) is 22.0. The molecule has 1 aliphatic heterocycles. The second-order valence-corrected chi connectivity index (χ2v) is 12.6. The number of carbonyl (C=O) groups is 4. The molecular formula is C34H46F3N2O8+. The quantitative estimate of drug-likeness (QED) is 0.171. The Morgan fingerprint density at radius 2 is 1.26 bits per heavy atom. The van der Waals surface area contributed by atoms with Crippen molar-refractivity contribution < 1.29 is 56.1 Å². The molecule has 0 aromatic heterocycles. The van der Waals surface area contributed by atoms with E-state index in [9.17, 15) is 27.6 Å². The molecule has 1 saturated heterocycles. The first kappa shape index (κ1) is 39.1. The van der Waals surface area contributed by atoms with Crippen molar-refractivity contribution >= 4 is 24.0 Å². The predicted octanol–water partition coefficient (Wildman–Crippen LogP) is 5.96. The molecule has 0 aliphatic carbocycles. The highest BCUT2D eigenvalue weighted by molar-refractivity contribution is 5.89. The van der Waals surface area contributed by atoms with Crippen molar-refractivity contribution in [3.8, 4) is 0 Å². The van der Waals surface area contributed by atoms with Crippen molar-refractivity contribution in [1.29, 1.82) is 0 Å². The Balaban J connectivity index is 0.000000984. The number of amides is 1. The van der Waals surface area contributed by atoms with Gasteiger partial charge in [-0.15, -0.1) is 0 Å². The minimum Gasteiger partial charge on any atom is -0.475 e. The number of methoxy groups -OCH3 is 2. The van der Waals surface area contributed by atoms with E-state index in [2.05, 4.69) is 5.32 Å². The molecule has 2 aromatic carbocycles. The van der Waals surface area contributed by atoms with Crippen LogP contribution in [0, 0.1) is 0 Å². The van der Waals surface area contributed by atoms with Crippen LogP contribution in [0.25, 0.3) is 0 Å². The first-order valence-corrected chi connectivity index (χ1v) is 15.5. The number of piperidine rings is 1. The van der Waals surface area contributed by atoms with Crippen LogP contribution >= 0.6 is 0 Å². The number of carboxylic acid groups (broad SMARTS) is 1. The Hall–Kier alpha value is -4.13. The summed E-state index contributed by atoms with van der Waals surface area (Å²) in [5.41, 5.74) is 2.97. The number of esters is 2. The minimum atomic E-state index is -5.08. The second-order valence-electron chi connectivity index (χ2n) is 12.6. The number of halogens is 3. The van der Waals surface area contributed by atoms with E-state index in [0.29, 0.717) is 11.1 Å². The highest BCUT2D eigenvalue weighted by Crippen LogP contribution is 2.23. The van der Waals surface area contributed by atoms with Crippen LogP contribution < -0.4 is 5.32 Å². The van der Waals surface area contributed by atoms with Crippen molar-refractivity contribution in [3.05, 3.63) is 70.8 Å². The topological polar surface area (TPSA) is 128 Å². The maximum absolute atomic E-state index is 12.5. The molecule has 1 heterocycles. The Labute approximate surface area is 273 Å². The molecule has 3 rings (SSSR count). The van der Waals surface area contributed by atoms with E-state index in [-0.39, 0.29) is 24.1 Å². The number of hydrogen-bond acceptors (Lipinski definition) is 7. The summed E-state index contributed by atoms with van der Waals surface area (Å²) in [4.78, 5) is 44.9. The van der Waals surface area contributed by atoms with Gasteiger partial charge in [-0.25, -0.2) is 19.2 Å². The lowest BCUT2D eigenvalue weighted by Crippen LogP contribution is -2.60. The molecule has 1 unspecified atom stereocenters. The number of nitrogens with one attached hydrogen (secondary N) is 1. The van der Waals surface area contributed by atoms with Crippen LogP contribution in [-0.4, -0.2) is 91.8 Å². The van der Waals surface area contributed by atoms with Crippen LogP contribution in [0.2, 0.25) is 0 Å². The number of aryl methyl sites for hydroxylation is 2. The van der Waals surface area contributed by atoms with Gasteiger partial charge in [0.25, 0.3) is 0 Å². The average molecular weight is 668 g/mol. The maximum atomic E-state index is 12.5. The van der Waals surface area contributed by atoms with E-state index >= 15 is 0 Å². The smallest absolute Gasteiger partial charge is 0.475 e. The van der Waals surface area contributed by atoms with Crippen LogP contribution in [0.15, 0.2) is 48.5 Å². The summed E-state index contributed by atoms with van der Waals surface area (Å²) >= 11 is 0. The van der Waals surface area contributed by atoms with Crippen molar-refractivity contribution in [2.75, 3.05) is 40.4 Å². The van der Waals surface area contributed by atoms with Gasteiger partial charge in [0.05, 0.1) is 57.6 Å². The van der Waals surface area contributed by atoms with E-state index in [4.69, 9.17) is 24.1 Å². The van der Waals surface area contributed by atoms with Gasteiger partial charge in [-0.1, -0.05) is 24.3 Å². The number of rotatable bonds is 11. The SMILES string of the molecule is COC(=O)c1ccc(CCC[N+]2(CCCc3ccc(C(=O)OC)cc3)CCCC(NC(=O)OC(C)(C)C)C2)cc1.O=C(O)C(F)(F)F. The minimum absolute atomic E-state index is 0.0716. The Bertz CT molecular complexity index is 1260. The summed E-state index contributed by atoms with van der Waals surface area (Å²) in [6, 6.07) is 15.3. The highest BCUT2D eigenvalue weighted by Gasteiger charge is 2.38. The molecule has 1 aliphatic rings. The number of nitrogens with zero attached hydrogens (tertiary/aromatic N) is 1. The number of hydrogen-bond donors (Lipinski definition) is 2. The molecule has 0 saturated carbocycles. The van der Waals surface area contributed by atoms with Gasteiger partial charge in [0, 0.05) is 12.8 Å². The predicted molar refractivity (Wildman–Crippen MR) is 168 cm³/mol. The monoisotopic (exact) mass is 667 g/mol. The van der Waals surface area contributed by atoms with Crippen molar-refractivity contribution in [2.24, 2.45) is 0 Å². The van der Waals surface area contributed by atoms with Gasteiger partial charge in [-0.2, -0.15) is 13.2 Å². The molecule has 0 spiro atoms. The number of carbonyl (C=O) groups excluding carboxylic acids is 3. The maximum Gasteiger partial charge on any atom is 0.490 e. The molecule has 47 heavy (non-hydrogen) atoms. The zero-order valence-corrected chi connectivity index (χ0v) is 27.7. The first-order valence-electron chi connectivity index (χ1n) is 15.5. The number of ether oxygens (including phenoxy) is 3. The molecule has 0 radical (unpaired) electrons. The fourth-order valence-electron chi connectivity index (χ4n) is 5.52. The van der Waals surface area contributed by atoms with E-state index < -0.39 is 17.7 Å². The van der Waals surface area contributed by atoms with Crippen molar-refractivity contribution in [1.82, 2.24) is 5.32 Å². The third-order valence-corrected chi connectivity index (χ3v) is 7.70. The van der Waals surface area contributed by atoms with Crippen LogP contribution in [0.1, 0.15) is 78.3 Å². The highest BCUT2D eigenvalue weighted by atomic mass is 19.4. The lowest BCUT2D eigenvalue weighted by atomic mass is 9.99. The van der Waals surface area contributed by atoms with Crippen LogP contribution in [0.5, 0.6) is 0 Å². The van der Waals surface area contributed by atoms with Gasteiger partial charge in [0.2, 0.25) is 0 Å². The van der Waals surface area contributed by atoms with E-state index in [1.807, 2.05) is 69.3 Å². The number of benzene rings is 2. The molecule has 10 nitrogen and oxygen atoms in total. The van der Waals surface area contributed by atoms with Crippen LogP contribution in [0.4, 0.5) is 18.0 Å². The van der Waals surface area contributed by atoms with Crippen LogP contribution in [-0.2, 0) is 31.8 Å². The Morgan fingerprint density at radius 1 is 0.830 bits per heavy atom. The Morgan fingerprint density at radius 3 is 1.62 bits per heavy atom. The van der Waals surface area contributed by atoms with Gasteiger partial charge in [-0.05, 0) is 81.8 Å². The zero-order valence-electron chi connectivity index (χ0n) is 27.7. The number of aliphatic carboxylic acids is 1. The number of alkyl carbamates (subject to hydrolysis) is 1. The summed E-state index contributed by atoms with van der Waals surface area (Å²) in [7, 11) is 2.78. The zero-order chi connectivity index (χ0) is 35.3. The third kappa shape index (κ3) is 14.0. The molecule has 0 bridgehead atoms. The summed E-state index contributed by atoms with van der Waals surface area (Å²) in [6.45, 7) is 9.60. The van der Waals surface area contributed by atoms with E-state index in [1.54, 1.807) is 0 Å². The summed E-state index contributed by atoms with van der Waals surface area (Å²) < 4.78 is 47.8. The average Bonchev–Trinajstić information content (AvgIpc) is 3.00. The number of likely N-dealkylation sites (tertiary alicyclic amines) is 1. The van der Waals surface area contributed by atoms with Crippen molar-refractivity contribution in [3.63, 3.8) is 0 Å². The fraction of sp³-hybridized carbons (Fsp3) is 0.529. The van der Waals surface area contributed by atoms with E-state index in [1.165, 1.54) is 25.3 Å². The Kier molecular flexibility index (Phi) is 14.7. The molecule has 260 valence electrons. The number of quaternary nitrogens is 1. The lowest BCUT2D eigenvalue weighted by Gasteiger charge is -2.45. The molecule has 1 fully saturated rings. The van der Waals surface area contributed by atoms with Gasteiger partial charge < -0.3 is 29.1 Å². The summed E-state index contributed by atoms with van der Waals surface area (Å²) in [5.74, 6) is -3.41. The standard InChI is InChI=1S/C32H44N2O6.C2HF3O2/c1-32(2,3)40-31(37)33-28-11-8-22-34(23-28,20-6-9-24-12-16-26(17-13-24)29(35)38-4)21-7-10-25-14-18-27(19-15-25)30(36)39-5;3-2(4,5)1(6)7/h12-19,28H,6-11,20-23H2,1-5H3;(H,6,7)/p+1. The molecule has 1 amide bonds. The van der Waals surface area contributed by atoms with Gasteiger partial charge in [0.15, 0.2) is 0 Å². The second kappa shape index (κ2) is 17.7. The van der Waals surface area contributed by atoms with Gasteiger partial charge in [0.1, 0.15) is 5.60 Å². The third-order valence-electron chi connectivity index (χ3n) is 7.70. The van der Waals surface area contributed by atoms with Gasteiger partial charge >= 0.3 is 30.2 Å². The van der Waals surface area contributed by atoms with Gasteiger partial charge in [-0.3, -0.25) is 0 Å². The molecule has 2 aromatic rings. The number of carboxylic acids is 1. The largest absolute Gasteiger partial charge is 0.490 e. The summed E-state index contributed by atoms with van der Waals surface area (Å²) in [5, 5.41) is 10.3. The molecule has 13 heteroatoms.